The summed E-state index contributed by atoms with van der Waals surface area (Å²) in [4.78, 5) is 26.2. The lowest BCUT2D eigenvalue weighted by Crippen LogP contribution is -2.47. The number of halogens is 1. The van der Waals surface area contributed by atoms with Gasteiger partial charge in [-0.3, -0.25) is 14.5 Å². The summed E-state index contributed by atoms with van der Waals surface area (Å²) in [5.74, 6) is -0.609. The van der Waals surface area contributed by atoms with Gasteiger partial charge in [0.15, 0.2) is 5.78 Å². The van der Waals surface area contributed by atoms with Gasteiger partial charge in [-0.2, -0.15) is 0 Å². The van der Waals surface area contributed by atoms with Crippen molar-refractivity contribution in [2.75, 3.05) is 38.5 Å². The van der Waals surface area contributed by atoms with E-state index < -0.39 is 5.82 Å². The van der Waals surface area contributed by atoms with E-state index in [0.29, 0.717) is 31.7 Å². The van der Waals surface area contributed by atoms with Gasteiger partial charge in [-0.15, -0.1) is 0 Å². The highest BCUT2D eigenvalue weighted by molar-refractivity contribution is 5.98. The summed E-state index contributed by atoms with van der Waals surface area (Å²) in [6.07, 6.45) is 0.819. The average molecular weight is 265 g/mol. The second-order valence-electron chi connectivity index (χ2n) is 4.58. The summed E-state index contributed by atoms with van der Waals surface area (Å²) in [6.45, 7) is 2.85. The highest BCUT2D eigenvalue weighted by atomic mass is 19.1. The lowest BCUT2D eigenvalue weighted by molar-refractivity contribution is -0.119. The molecule has 1 aromatic carbocycles. The summed E-state index contributed by atoms with van der Waals surface area (Å²) in [5, 5.41) is 0. The zero-order valence-electron chi connectivity index (χ0n) is 10.5. The van der Waals surface area contributed by atoms with Crippen LogP contribution in [0.15, 0.2) is 18.2 Å². The molecule has 102 valence electrons. The van der Waals surface area contributed by atoms with Gasteiger partial charge in [-0.05, 0) is 18.2 Å². The van der Waals surface area contributed by atoms with Crippen molar-refractivity contribution < 1.29 is 14.0 Å². The molecular formula is C13H16FN3O2. The Labute approximate surface area is 110 Å². The molecule has 0 unspecified atom stereocenters. The van der Waals surface area contributed by atoms with Gasteiger partial charge < -0.3 is 10.6 Å². The molecule has 0 saturated carbocycles. The van der Waals surface area contributed by atoms with Crippen LogP contribution in [0.2, 0.25) is 0 Å². The van der Waals surface area contributed by atoms with Crippen LogP contribution < -0.4 is 5.73 Å². The quantitative estimate of drug-likeness (QED) is 0.485. The Balaban J connectivity index is 1.94. The minimum Gasteiger partial charge on any atom is -0.396 e. The van der Waals surface area contributed by atoms with E-state index >= 15 is 0 Å². The highest BCUT2D eigenvalue weighted by Crippen LogP contribution is 2.13. The number of benzene rings is 1. The van der Waals surface area contributed by atoms with Crippen LogP contribution in [0.5, 0.6) is 0 Å². The first kappa shape index (κ1) is 13.5. The Hall–Kier alpha value is -1.95. The predicted molar refractivity (Wildman–Crippen MR) is 69.2 cm³/mol. The Morgan fingerprint density at radius 1 is 1.32 bits per heavy atom. The molecule has 19 heavy (non-hydrogen) atoms. The summed E-state index contributed by atoms with van der Waals surface area (Å²) in [7, 11) is 0. The van der Waals surface area contributed by atoms with Crippen molar-refractivity contribution in [1.82, 2.24) is 9.80 Å². The van der Waals surface area contributed by atoms with Crippen LogP contribution in [0.4, 0.5) is 10.1 Å². The SMILES string of the molecule is Nc1cc(C(=O)CN2CCN(C=O)CC2)ccc1F. The van der Waals surface area contributed by atoms with Crippen LogP contribution in [0.25, 0.3) is 0 Å². The first-order chi connectivity index (χ1) is 9.10. The van der Waals surface area contributed by atoms with Gasteiger partial charge in [0.05, 0.1) is 12.2 Å². The number of amides is 1. The third kappa shape index (κ3) is 3.29. The molecule has 5 nitrogen and oxygen atoms in total. The molecule has 6 heteroatoms. The van der Waals surface area contributed by atoms with E-state index in [9.17, 15) is 14.0 Å². The normalized spacial score (nSPS) is 16.4. The minimum absolute atomic E-state index is 0.0170. The molecule has 0 aliphatic carbocycles. The van der Waals surface area contributed by atoms with Crippen LogP contribution in [0.1, 0.15) is 10.4 Å². The molecule has 1 aliphatic rings. The van der Waals surface area contributed by atoms with Crippen molar-refractivity contribution in [3.63, 3.8) is 0 Å². The molecule has 1 aliphatic heterocycles. The van der Waals surface area contributed by atoms with Crippen LogP contribution in [-0.2, 0) is 4.79 Å². The van der Waals surface area contributed by atoms with E-state index in [1.807, 2.05) is 4.90 Å². The molecule has 1 fully saturated rings. The number of nitrogen functional groups attached to an aromatic ring is 1. The molecule has 1 saturated heterocycles. The number of piperazine rings is 1. The van der Waals surface area contributed by atoms with Gasteiger partial charge in [-0.1, -0.05) is 0 Å². The van der Waals surface area contributed by atoms with Gasteiger partial charge in [0.1, 0.15) is 5.82 Å². The summed E-state index contributed by atoms with van der Waals surface area (Å²) in [6, 6.07) is 4.00. The van der Waals surface area contributed by atoms with Crippen molar-refractivity contribution in [3.05, 3.63) is 29.6 Å². The van der Waals surface area contributed by atoms with E-state index in [-0.39, 0.29) is 18.0 Å². The van der Waals surface area contributed by atoms with Gasteiger partial charge in [0.2, 0.25) is 6.41 Å². The number of ketones is 1. The standard InChI is InChI=1S/C13H16FN3O2/c14-11-2-1-10(7-12(11)15)13(19)8-16-3-5-17(9-18)6-4-16/h1-2,7,9H,3-6,8,15H2. The molecule has 0 aromatic heterocycles. The van der Waals surface area contributed by atoms with E-state index in [1.54, 1.807) is 4.90 Å². The maximum Gasteiger partial charge on any atom is 0.209 e. The lowest BCUT2D eigenvalue weighted by atomic mass is 10.1. The highest BCUT2D eigenvalue weighted by Gasteiger charge is 2.18. The summed E-state index contributed by atoms with van der Waals surface area (Å²) >= 11 is 0. The lowest BCUT2D eigenvalue weighted by Gasteiger charge is -2.31. The molecule has 0 spiro atoms. The minimum atomic E-state index is -0.517. The van der Waals surface area contributed by atoms with E-state index in [1.165, 1.54) is 18.2 Å². The fraction of sp³-hybridized carbons (Fsp3) is 0.385. The molecular weight excluding hydrogens is 249 g/mol. The van der Waals surface area contributed by atoms with Crippen molar-refractivity contribution in [1.29, 1.82) is 0 Å². The Morgan fingerprint density at radius 3 is 2.58 bits per heavy atom. The maximum absolute atomic E-state index is 13.0. The van der Waals surface area contributed by atoms with Crippen molar-refractivity contribution >= 4 is 17.9 Å². The van der Waals surface area contributed by atoms with Crippen LogP contribution >= 0.6 is 0 Å². The predicted octanol–water partition coefficient (Wildman–Crippen LogP) is 0.365. The molecule has 0 radical (unpaired) electrons. The zero-order valence-corrected chi connectivity index (χ0v) is 10.5. The monoisotopic (exact) mass is 265 g/mol. The number of Topliss-reactive ketones (excluding diaryl/α,β-unsaturated/α-hetero) is 1. The van der Waals surface area contributed by atoms with E-state index in [2.05, 4.69) is 0 Å². The third-order valence-electron chi connectivity index (χ3n) is 3.24. The molecule has 1 aromatic rings. The van der Waals surface area contributed by atoms with E-state index in [4.69, 9.17) is 5.73 Å². The molecule has 0 bridgehead atoms. The molecule has 2 rings (SSSR count). The zero-order chi connectivity index (χ0) is 13.8. The molecule has 1 amide bonds. The number of hydrogen-bond donors (Lipinski definition) is 1. The fourth-order valence-electron chi connectivity index (χ4n) is 2.04. The number of nitrogens with two attached hydrogens (primary N) is 1. The fourth-order valence-corrected chi connectivity index (χ4v) is 2.04. The number of rotatable bonds is 4. The number of carbonyl (C=O) groups is 2. The van der Waals surface area contributed by atoms with Crippen LogP contribution in [-0.4, -0.2) is 54.7 Å². The smallest absolute Gasteiger partial charge is 0.209 e. The van der Waals surface area contributed by atoms with Crippen LogP contribution in [0, 0.1) is 5.82 Å². The summed E-state index contributed by atoms with van der Waals surface area (Å²) < 4.78 is 13.0. The van der Waals surface area contributed by atoms with Crippen molar-refractivity contribution in [2.45, 2.75) is 0 Å². The molecule has 2 N–H and O–H groups in total. The Kier molecular flexibility index (Phi) is 4.11. The first-order valence-corrected chi connectivity index (χ1v) is 6.10. The van der Waals surface area contributed by atoms with Gasteiger partial charge in [0, 0.05) is 31.7 Å². The largest absolute Gasteiger partial charge is 0.396 e. The second-order valence-corrected chi connectivity index (χ2v) is 4.58. The number of anilines is 1. The van der Waals surface area contributed by atoms with Crippen molar-refractivity contribution in [2.24, 2.45) is 0 Å². The number of nitrogens with zero attached hydrogens (tertiary/aromatic N) is 2. The maximum atomic E-state index is 13.0. The average Bonchev–Trinajstić information content (AvgIpc) is 2.42. The topological polar surface area (TPSA) is 66.6 Å². The number of hydrogen-bond acceptors (Lipinski definition) is 4. The first-order valence-electron chi connectivity index (χ1n) is 6.10. The molecule has 0 atom stereocenters. The number of carbonyl (C=O) groups excluding carboxylic acids is 2. The summed E-state index contributed by atoms with van der Waals surface area (Å²) in [5.41, 5.74) is 5.84. The van der Waals surface area contributed by atoms with Gasteiger partial charge in [0.25, 0.3) is 0 Å². The van der Waals surface area contributed by atoms with E-state index in [0.717, 1.165) is 6.41 Å². The van der Waals surface area contributed by atoms with Gasteiger partial charge in [-0.25, -0.2) is 4.39 Å². The Bertz CT molecular complexity index is 485. The van der Waals surface area contributed by atoms with Crippen molar-refractivity contribution in [3.8, 4) is 0 Å². The Morgan fingerprint density at radius 2 is 2.00 bits per heavy atom. The van der Waals surface area contributed by atoms with Gasteiger partial charge >= 0.3 is 0 Å². The third-order valence-corrected chi connectivity index (χ3v) is 3.24. The molecule has 1 heterocycles. The van der Waals surface area contributed by atoms with Crippen LogP contribution in [0.3, 0.4) is 0 Å². The second kappa shape index (κ2) is 5.79.